The average molecular weight is 388 g/mol. The van der Waals surface area contributed by atoms with Gasteiger partial charge in [0, 0.05) is 11.6 Å². The van der Waals surface area contributed by atoms with Crippen molar-refractivity contribution in [2.24, 2.45) is 5.92 Å². The van der Waals surface area contributed by atoms with Gasteiger partial charge in [0.2, 0.25) is 5.91 Å². The van der Waals surface area contributed by atoms with Crippen molar-refractivity contribution in [3.05, 3.63) is 64.7 Å². The van der Waals surface area contributed by atoms with E-state index in [1.807, 2.05) is 30.3 Å². The van der Waals surface area contributed by atoms with Crippen LogP contribution in [0.1, 0.15) is 24.0 Å². The Morgan fingerprint density at radius 1 is 1.22 bits per heavy atom. The third-order valence-corrected chi connectivity index (χ3v) is 5.31. The molecule has 0 bridgehead atoms. The summed E-state index contributed by atoms with van der Waals surface area (Å²) in [5, 5.41) is 13.0. The number of amides is 1. The zero-order valence-electron chi connectivity index (χ0n) is 15.1. The first-order valence-electron chi connectivity index (χ1n) is 8.85. The van der Waals surface area contributed by atoms with Gasteiger partial charge in [-0.05, 0) is 48.6 Å². The van der Waals surface area contributed by atoms with Gasteiger partial charge in [-0.15, -0.1) is 0 Å². The van der Waals surface area contributed by atoms with Crippen molar-refractivity contribution < 1.29 is 19.4 Å². The van der Waals surface area contributed by atoms with E-state index in [-0.39, 0.29) is 18.9 Å². The molecule has 0 saturated heterocycles. The van der Waals surface area contributed by atoms with Crippen LogP contribution in [0, 0.1) is 5.92 Å². The molecule has 3 rings (SSSR count). The molecule has 1 fully saturated rings. The highest BCUT2D eigenvalue weighted by molar-refractivity contribution is 6.30. The maximum absolute atomic E-state index is 12.8. The molecule has 2 aromatic rings. The third kappa shape index (κ3) is 4.25. The van der Waals surface area contributed by atoms with Crippen LogP contribution in [0.4, 0.5) is 0 Å². The second-order valence-corrected chi connectivity index (χ2v) is 7.29. The lowest BCUT2D eigenvalue weighted by Gasteiger charge is -2.19. The molecule has 0 aliphatic heterocycles. The fourth-order valence-electron chi connectivity index (χ4n) is 3.33. The van der Waals surface area contributed by atoms with Gasteiger partial charge in [0.25, 0.3) is 0 Å². The highest BCUT2D eigenvalue weighted by Crippen LogP contribution is 2.48. The summed E-state index contributed by atoms with van der Waals surface area (Å²) in [6, 6.07) is 14.6. The number of rotatable bonds is 8. The van der Waals surface area contributed by atoms with Crippen molar-refractivity contribution in [2.45, 2.75) is 24.7 Å². The molecule has 27 heavy (non-hydrogen) atoms. The van der Waals surface area contributed by atoms with Gasteiger partial charge in [-0.1, -0.05) is 41.9 Å². The van der Waals surface area contributed by atoms with Crippen molar-refractivity contribution in [2.75, 3.05) is 13.7 Å². The van der Waals surface area contributed by atoms with E-state index in [1.54, 1.807) is 25.3 Å². The Kier molecular flexibility index (Phi) is 5.71. The molecule has 1 aliphatic carbocycles. The molecule has 2 aromatic carbocycles. The number of aliphatic carboxylic acids is 1. The number of hydrogen-bond donors (Lipinski definition) is 2. The second kappa shape index (κ2) is 8.01. The number of ether oxygens (including phenoxy) is 1. The largest absolute Gasteiger partial charge is 0.496 e. The Bertz CT molecular complexity index is 848. The van der Waals surface area contributed by atoms with Gasteiger partial charge in [-0.2, -0.15) is 0 Å². The highest BCUT2D eigenvalue weighted by atomic mass is 35.5. The Balaban J connectivity index is 1.68. The number of carboxylic acid groups (broad SMARTS) is 1. The van der Waals surface area contributed by atoms with E-state index in [4.69, 9.17) is 16.3 Å². The van der Waals surface area contributed by atoms with E-state index < -0.39 is 17.3 Å². The lowest BCUT2D eigenvalue weighted by molar-refractivity contribution is -0.141. The monoisotopic (exact) mass is 387 g/mol. The Morgan fingerprint density at radius 3 is 2.59 bits per heavy atom. The third-order valence-electron chi connectivity index (χ3n) is 5.08. The van der Waals surface area contributed by atoms with Crippen molar-refractivity contribution >= 4 is 23.5 Å². The Labute approximate surface area is 163 Å². The fourth-order valence-corrected chi connectivity index (χ4v) is 3.52. The molecule has 1 aliphatic rings. The topological polar surface area (TPSA) is 75.6 Å². The smallest absolute Gasteiger partial charge is 0.308 e. The van der Waals surface area contributed by atoms with E-state index in [1.165, 1.54) is 0 Å². The molecule has 6 heteroatoms. The van der Waals surface area contributed by atoms with Crippen molar-refractivity contribution in [3.63, 3.8) is 0 Å². The molecule has 1 atom stereocenters. The number of carboxylic acids is 1. The van der Waals surface area contributed by atoms with Crippen LogP contribution in [0.25, 0.3) is 0 Å². The number of para-hydroxylation sites is 1. The molecule has 5 nitrogen and oxygen atoms in total. The molecule has 1 saturated carbocycles. The van der Waals surface area contributed by atoms with Crippen LogP contribution in [-0.4, -0.2) is 30.6 Å². The van der Waals surface area contributed by atoms with Gasteiger partial charge in [-0.25, -0.2) is 0 Å². The minimum Gasteiger partial charge on any atom is -0.496 e. The summed E-state index contributed by atoms with van der Waals surface area (Å²) >= 11 is 6.05. The molecule has 2 N–H and O–H groups in total. The Hall–Kier alpha value is -2.53. The molecule has 0 aromatic heterocycles. The van der Waals surface area contributed by atoms with Crippen LogP contribution in [0.3, 0.4) is 0 Å². The predicted molar refractivity (Wildman–Crippen MR) is 103 cm³/mol. The van der Waals surface area contributed by atoms with Crippen LogP contribution in [-0.2, 0) is 21.4 Å². The zero-order valence-corrected chi connectivity index (χ0v) is 15.8. The summed E-state index contributed by atoms with van der Waals surface area (Å²) in [4.78, 5) is 24.5. The minimum absolute atomic E-state index is 0.0640. The number of halogens is 1. The van der Waals surface area contributed by atoms with E-state index in [2.05, 4.69) is 5.32 Å². The zero-order chi connectivity index (χ0) is 19.4. The van der Waals surface area contributed by atoms with Crippen LogP contribution < -0.4 is 10.1 Å². The number of benzene rings is 2. The van der Waals surface area contributed by atoms with Crippen LogP contribution in [0.2, 0.25) is 5.02 Å². The van der Waals surface area contributed by atoms with Gasteiger partial charge < -0.3 is 15.2 Å². The number of nitrogens with one attached hydrogen (secondary N) is 1. The molecule has 0 heterocycles. The lowest BCUT2D eigenvalue weighted by Crippen LogP contribution is -2.40. The van der Waals surface area contributed by atoms with Crippen LogP contribution in [0.15, 0.2) is 48.5 Å². The van der Waals surface area contributed by atoms with E-state index in [9.17, 15) is 14.7 Å². The predicted octanol–water partition coefficient (Wildman–Crippen LogP) is 3.44. The summed E-state index contributed by atoms with van der Waals surface area (Å²) in [6.45, 7) is 0.0640. The molecule has 0 spiro atoms. The second-order valence-electron chi connectivity index (χ2n) is 6.85. The first-order valence-corrected chi connectivity index (χ1v) is 9.23. The quantitative estimate of drug-likeness (QED) is 0.727. The number of carbonyl (C=O) groups is 2. The van der Waals surface area contributed by atoms with Gasteiger partial charge in [0.05, 0.1) is 18.4 Å². The van der Waals surface area contributed by atoms with E-state index in [0.717, 1.165) is 24.0 Å². The first kappa shape index (κ1) is 19.2. The summed E-state index contributed by atoms with van der Waals surface area (Å²) in [5.74, 6) is -1.18. The molecule has 1 amide bonds. The Morgan fingerprint density at radius 2 is 1.96 bits per heavy atom. The van der Waals surface area contributed by atoms with Crippen LogP contribution >= 0.6 is 11.6 Å². The summed E-state index contributed by atoms with van der Waals surface area (Å²) in [5.41, 5.74) is 1.10. The van der Waals surface area contributed by atoms with Gasteiger partial charge >= 0.3 is 5.97 Å². The molecular weight excluding hydrogens is 366 g/mol. The fraction of sp³-hybridized carbons (Fsp3) is 0.333. The number of hydrogen-bond acceptors (Lipinski definition) is 3. The first-order chi connectivity index (χ1) is 13.0. The lowest BCUT2D eigenvalue weighted by atomic mass is 9.94. The standard InChI is InChI=1S/C21H22ClNO4/c1-27-18-8-3-2-5-14(18)11-15(19(24)25)13-23-20(26)21(9-10-21)16-6-4-7-17(22)12-16/h2-8,12,15H,9-11,13H2,1H3,(H,23,26)(H,24,25). The van der Waals surface area contributed by atoms with Crippen molar-refractivity contribution in [1.82, 2.24) is 5.32 Å². The maximum Gasteiger partial charge on any atom is 0.308 e. The number of carbonyl (C=O) groups excluding carboxylic acids is 1. The normalized spacial score (nSPS) is 15.6. The molecule has 142 valence electrons. The summed E-state index contributed by atoms with van der Waals surface area (Å²) in [7, 11) is 1.55. The molecule has 0 radical (unpaired) electrons. The average Bonchev–Trinajstić information content (AvgIpc) is 3.47. The van der Waals surface area contributed by atoms with Crippen molar-refractivity contribution in [3.8, 4) is 5.75 Å². The van der Waals surface area contributed by atoms with Crippen LogP contribution in [0.5, 0.6) is 5.75 Å². The van der Waals surface area contributed by atoms with Gasteiger partial charge in [0.15, 0.2) is 0 Å². The minimum atomic E-state index is -0.950. The van der Waals surface area contributed by atoms with E-state index >= 15 is 0 Å². The van der Waals surface area contributed by atoms with E-state index in [0.29, 0.717) is 10.8 Å². The maximum atomic E-state index is 12.8. The summed E-state index contributed by atoms with van der Waals surface area (Å²) < 4.78 is 5.29. The highest BCUT2D eigenvalue weighted by Gasteiger charge is 2.51. The van der Waals surface area contributed by atoms with Gasteiger partial charge in [0.1, 0.15) is 5.75 Å². The SMILES string of the molecule is COc1ccccc1CC(CNC(=O)C1(c2cccc(Cl)c2)CC1)C(=O)O. The summed E-state index contributed by atoms with van der Waals surface area (Å²) in [6.07, 6.45) is 1.76. The number of methoxy groups -OCH3 is 1. The van der Waals surface area contributed by atoms with Gasteiger partial charge in [-0.3, -0.25) is 9.59 Å². The van der Waals surface area contributed by atoms with Crippen molar-refractivity contribution in [1.29, 1.82) is 0 Å². The molecule has 1 unspecified atom stereocenters. The molecular formula is C21H22ClNO4.